The summed E-state index contributed by atoms with van der Waals surface area (Å²) in [6, 6.07) is 3.08. The maximum absolute atomic E-state index is 12.0. The Morgan fingerprint density at radius 3 is 2.59 bits per heavy atom. The van der Waals surface area contributed by atoms with Crippen molar-refractivity contribution in [1.29, 1.82) is 5.26 Å². The van der Waals surface area contributed by atoms with Crippen LogP contribution < -0.4 is 4.74 Å². The molecule has 0 aliphatic rings. The Bertz CT molecular complexity index is 510. The Morgan fingerprint density at radius 2 is 2.18 bits per heavy atom. The Balaban J connectivity index is 3.44. The molecule has 17 heavy (non-hydrogen) atoms. The van der Waals surface area contributed by atoms with E-state index >= 15 is 0 Å². The molecule has 0 spiro atoms. The van der Waals surface area contributed by atoms with Crippen LogP contribution in [0.15, 0.2) is 12.1 Å². The Kier molecular flexibility index (Phi) is 3.66. The van der Waals surface area contributed by atoms with E-state index in [1.54, 1.807) is 0 Å². The van der Waals surface area contributed by atoms with Gasteiger partial charge in [0.05, 0.1) is 10.5 Å². The molecule has 6 nitrogen and oxygen atoms in total. The maximum atomic E-state index is 12.0. The van der Waals surface area contributed by atoms with Crippen molar-refractivity contribution >= 4 is 12.0 Å². The number of nitro groups is 1. The molecular formula is C9H4F2N2O4. The monoisotopic (exact) mass is 242 g/mol. The van der Waals surface area contributed by atoms with E-state index in [2.05, 4.69) is 4.74 Å². The SMILES string of the molecule is N#Cc1c([N+](=O)[O-])ccc(OC(F)F)c1C=O. The predicted molar refractivity (Wildman–Crippen MR) is 49.8 cm³/mol. The number of nitriles is 1. The number of halogens is 2. The fourth-order valence-corrected chi connectivity index (χ4v) is 1.17. The van der Waals surface area contributed by atoms with Crippen molar-refractivity contribution in [3.8, 4) is 11.8 Å². The van der Waals surface area contributed by atoms with E-state index in [1.807, 2.05) is 0 Å². The minimum absolute atomic E-state index is 0.0588. The first kappa shape index (κ1) is 12.5. The van der Waals surface area contributed by atoms with Crippen molar-refractivity contribution in [3.63, 3.8) is 0 Å². The van der Waals surface area contributed by atoms with Gasteiger partial charge in [0, 0.05) is 6.07 Å². The predicted octanol–water partition coefficient (Wildman–Crippen LogP) is 1.88. The molecule has 0 bridgehead atoms. The molecule has 0 heterocycles. The second-order valence-electron chi connectivity index (χ2n) is 2.74. The van der Waals surface area contributed by atoms with Crippen LogP contribution in [0.3, 0.4) is 0 Å². The van der Waals surface area contributed by atoms with Gasteiger partial charge in [0.2, 0.25) is 0 Å². The first-order valence-corrected chi connectivity index (χ1v) is 4.12. The van der Waals surface area contributed by atoms with Gasteiger partial charge in [-0.2, -0.15) is 14.0 Å². The highest BCUT2D eigenvalue weighted by Crippen LogP contribution is 2.29. The number of alkyl halides is 2. The summed E-state index contributed by atoms with van der Waals surface area (Å²) < 4.78 is 27.9. The average molecular weight is 242 g/mol. The minimum Gasteiger partial charge on any atom is -0.434 e. The third-order valence-electron chi connectivity index (χ3n) is 1.83. The third kappa shape index (κ3) is 2.52. The van der Waals surface area contributed by atoms with E-state index in [0.29, 0.717) is 0 Å². The quantitative estimate of drug-likeness (QED) is 0.456. The van der Waals surface area contributed by atoms with Crippen molar-refractivity contribution in [2.45, 2.75) is 6.61 Å². The summed E-state index contributed by atoms with van der Waals surface area (Å²) in [5.41, 5.74) is -1.82. The van der Waals surface area contributed by atoms with Gasteiger partial charge in [-0.15, -0.1) is 0 Å². The molecule has 0 radical (unpaired) electrons. The van der Waals surface area contributed by atoms with E-state index in [1.165, 1.54) is 6.07 Å². The summed E-state index contributed by atoms with van der Waals surface area (Å²) in [7, 11) is 0. The average Bonchev–Trinajstić information content (AvgIpc) is 2.26. The van der Waals surface area contributed by atoms with Crippen molar-refractivity contribution in [3.05, 3.63) is 33.4 Å². The summed E-state index contributed by atoms with van der Waals surface area (Å²) in [5.74, 6) is -0.572. The second-order valence-corrected chi connectivity index (χ2v) is 2.74. The molecule has 8 heteroatoms. The Hall–Kier alpha value is -2.56. The summed E-state index contributed by atoms with van der Waals surface area (Å²) in [6.07, 6.45) is 0.0588. The number of benzene rings is 1. The Morgan fingerprint density at radius 1 is 1.53 bits per heavy atom. The van der Waals surface area contributed by atoms with Crippen molar-refractivity contribution in [2.24, 2.45) is 0 Å². The number of hydrogen-bond acceptors (Lipinski definition) is 5. The number of aldehydes is 1. The van der Waals surface area contributed by atoms with Gasteiger partial charge in [-0.05, 0) is 6.07 Å². The molecule has 0 aliphatic carbocycles. The third-order valence-corrected chi connectivity index (χ3v) is 1.83. The summed E-state index contributed by atoms with van der Waals surface area (Å²) in [6.45, 7) is -3.19. The van der Waals surface area contributed by atoms with Crippen LogP contribution in [0.5, 0.6) is 5.75 Å². The summed E-state index contributed by atoms with van der Waals surface area (Å²) in [4.78, 5) is 20.3. The van der Waals surface area contributed by atoms with E-state index in [0.717, 1.165) is 12.1 Å². The lowest BCUT2D eigenvalue weighted by Crippen LogP contribution is -2.06. The van der Waals surface area contributed by atoms with Gasteiger partial charge < -0.3 is 4.74 Å². The van der Waals surface area contributed by atoms with Crippen LogP contribution in [0.4, 0.5) is 14.5 Å². The molecule has 0 aromatic heterocycles. The molecule has 88 valence electrons. The fraction of sp³-hybridized carbons (Fsp3) is 0.111. The number of nitro benzene ring substituents is 1. The van der Waals surface area contributed by atoms with Gasteiger partial charge in [-0.1, -0.05) is 0 Å². The molecule has 1 rings (SSSR count). The standard InChI is InChI=1S/C9H4F2N2O4/c10-9(11)17-8-2-1-7(13(15)16)5(3-12)6(8)4-14/h1-2,4,9H. The normalized spacial score (nSPS) is 9.76. The lowest BCUT2D eigenvalue weighted by molar-refractivity contribution is -0.385. The van der Waals surface area contributed by atoms with E-state index in [9.17, 15) is 23.7 Å². The highest BCUT2D eigenvalue weighted by molar-refractivity contribution is 5.86. The highest BCUT2D eigenvalue weighted by Gasteiger charge is 2.22. The van der Waals surface area contributed by atoms with Crippen LogP contribution in [0.2, 0.25) is 0 Å². The lowest BCUT2D eigenvalue weighted by atomic mass is 10.1. The number of hydrogen-bond donors (Lipinski definition) is 0. The first-order valence-electron chi connectivity index (χ1n) is 4.12. The Labute approximate surface area is 93.2 Å². The summed E-state index contributed by atoms with van der Waals surface area (Å²) in [5, 5.41) is 19.2. The van der Waals surface area contributed by atoms with Gasteiger partial charge >= 0.3 is 6.61 Å². The van der Waals surface area contributed by atoms with Crippen molar-refractivity contribution in [1.82, 2.24) is 0 Å². The zero-order chi connectivity index (χ0) is 13.0. The zero-order valence-electron chi connectivity index (χ0n) is 8.09. The second kappa shape index (κ2) is 4.98. The molecule has 0 aliphatic heterocycles. The lowest BCUT2D eigenvalue weighted by Gasteiger charge is -2.07. The summed E-state index contributed by atoms with van der Waals surface area (Å²) >= 11 is 0. The van der Waals surface area contributed by atoms with Crippen LogP contribution in [0.1, 0.15) is 15.9 Å². The van der Waals surface area contributed by atoms with Gasteiger partial charge in [0.25, 0.3) is 5.69 Å². The minimum atomic E-state index is -3.19. The maximum Gasteiger partial charge on any atom is 0.387 e. The van der Waals surface area contributed by atoms with Gasteiger partial charge in [-0.3, -0.25) is 14.9 Å². The van der Waals surface area contributed by atoms with E-state index < -0.39 is 34.1 Å². The van der Waals surface area contributed by atoms with Crippen LogP contribution in [0.25, 0.3) is 0 Å². The molecule has 0 N–H and O–H groups in total. The largest absolute Gasteiger partial charge is 0.434 e. The van der Waals surface area contributed by atoms with Crippen LogP contribution in [-0.4, -0.2) is 17.8 Å². The molecule has 0 atom stereocenters. The van der Waals surface area contributed by atoms with E-state index in [-0.39, 0.29) is 6.29 Å². The topological polar surface area (TPSA) is 93.2 Å². The zero-order valence-corrected chi connectivity index (χ0v) is 8.09. The molecule has 0 fully saturated rings. The molecule has 0 unspecified atom stereocenters. The number of carbonyl (C=O) groups excluding carboxylic acids is 1. The fourth-order valence-electron chi connectivity index (χ4n) is 1.17. The van der Waals surface area contributed by atoms with Crippen molar-refractivity contribution < 1.29 is 23.2 Å². The van der Waals surface area contributed by atoms with Gasteiger partial charge in [0.15, 0.2) is 6.29 Å². The van der Waals surface area contributed by atoms with Gasteiger partial charge in [0.1, 0.15) is 17.4 Å². The smallest absolute Gasteiger partial charge is 0.387 e. The molecular weight excluding hydrogens is 238 g/mol. The number of nitrogens with zero attached hydrogens (tertiary/aromatic N) is 2. The molecule has 1 aromatic rings. The highest BCUT2D eigenvalue weighted by atomic mass is 19.3. The molecule has 0 amide bonds. The first-order chi connectivity index (χ1) is 8.01. The van der Waals surface area contributed by atoms with Gasteiger partial charge in [-0.25, -0.2) is 0 Å². The number of rotatable bonds is 4. The number of ether oxygens (including phenoxy) is 1. The van der Waals surface area contributed by atoms with Crippen LogP contribution in [-0.2, 0) is 0 Å². The van der Waals surface area contributed by atoms with Crippen molar-refractivity contribution in [2.75, 3.05) is 0 Å². The van der Waals surface area contributed by atoms with Crippen LogP contribution in [0, 0.1) is 21.4 Å². The molecule has 0 saturated heterocycles. The number of carbonyl (C=O) groups is 1. The molecule has 1 aromatic carbocycles. The van der Waals surface area contributed by atoms with Crippen LogP contribution >= 0.6 is 0 Å². The van der Waals surface area contributed by atoms with E-state index in [4.69, 9.17) is 5.26 Å². The molecule has 0 saturated carbocycles.